The van der Waals surface area contributed by atoms with E-state index < -0.39 is 25.7 Å². The number of phenolic OH excluding ortho intramolecular Hbond substituents is 2. The molecule has 0 saturated carbocycles. The van der Waals surface area contributed by atoms with E-state index in [9.17, 15) is 27.0 Å². The molecular formula is C27H26O8S2. The van der Waals surface area contributed by atoms with Crippen molar-refractivity contribution in [3.8, 4) is 22.6 Å². The van der Waals surface area contributed by atoms with Crippen molar-refractivity contribution in [1.82, 2.24) is 0 Å². The minimum absolute atomic E-state index is 0.249. The molecular weight excluding hydrogens is 516 g/mol. The molecule has 0 bridgehead atoms. The third-order valence-corrected chi connectivity index (χ3v) is 5.55. The third kappa shape index (κ3) is 6.75. The summed E-state index contributed by atoms with van der Waals surface area (Å²) in [6, 6.07) is 31.9. The maximum absolute atomic E-state index is 9.85. The Kier molecular flexibility index (Phi) is 8.09. The van der Waals surface area contributed by atoms with Crippen LogP contribution in [0.3, 0.4) is 0 Å². The van der Waals surface area contributed by atoms with Crippen LogP contribution in [0.1, 0.15) is 22.3 Å². The maximum Gasteiger partial charge on any atom is 0.261 e. The normalized spacial score (nSPS) is 13.2. The Hall–Kier alpha value is -3.70. The van der Waals surface area contributed by atoms with Crippen LogP contribution < -0.4 is 0 Å². The average molecular weight is 543 g/mol. The average Bonchev–Trinajstić information content (AvgIpc) is 3.10. The van der Waals surface area contributed by atoms with Crippen molar-refractivity contribution in [2.75, 3.05) is 12.5 Å². The lowest BCUT2D eigenvalue weighted by Crippen LogP contribution is -2.28. The van der Waals surface area contributed by atoms with Gasteiger partial charge in [-0.1, -0.05) is 72.8 Å². The zero-order chi connectivity index (χ0) is 27.4. The summed E-state index contributed by atoms with van der Waals surface area (Å²) in [4.78, 5) is 0. The number of fused-ring (bicyclic) bond motifs is 3. The summed E-state index contributed by atoms with van der Waals surface area (Å²) in [5, 5.41) is 19.7. The highest BCUT2D eigenvalue weighted by Gasteiger charge is 2.45. The molecule has 4 aromatic carbocycles. The Balaban J connectivity index is 0.000000327. The fourth-order valence-corrected chi connectivity index (χ4v) is 4.45. The molecule has 8 nitrogen and oxygen atoms in total. The van der Waals surface area contributed by atoms with Crippen LogP contribution >= 0.6 is 0 Å². The first-order valence-electron chi connectivity index (χ1n) is 10.8. The van der Waals surface area contributed by atoms with E-state index in [-0.39, 0.29) is 11.5 Å². The minimum atomic E-state index is -3.67. The molecule has 1 aliphatic rings. The highest BCUT2D eigenvalue weighted by Crippen LogP contribution is 2.56. The van der Waals surface area contributed by atoms with E-state index in [1.54, 1.807) is 24.3 Å². The summed E-state index contributed by atoms with van der Waals surface area (Å²) in [7, 11) is -7.33. The van der Waals surface area contributed by atoms with Gasteiger partial charge in [-0.05, 0) is 57.6 Å². The summed E-state index contributed by atoms with van der Waals surface area (Å²) >= 11 is 0. The van der Waals surface area contributed by atoms with Crippen molar-refractivity contribution in [2.24, 2.45) is 0 Å². The second-order valence-electron chi connectivity index (χ2n) is 8.40. The molecule has 0 spiro atoms. The summed E-state index contributed by atoms with van der Waals surface area (Å²) in [6.07, 6.45) is 1.43. The van der Waals surface area contributed by atoms with Gasteiger partial charge in [0.05, 0.1) is 17.9 Å². The van der Waals surface area contributed by atoms with Crippen LogP contribution in [0.15, 0.2) is 97.1 Å². The van der Waals surface area contributed by atoms with Crippen LogP contribution in [0, 0.1) is 0 Å². The Morgan fingerprint density at radius 2 is 0.784 bits per heavy atom. The number of hydrogen-bond donors (Lipinski definition) is 4. The van der Waals surface area contributed by atoms with Gasteiger partial charge >= 0.3 is 0 Å². The summed E-state index contributed by atoms with van der Waals surface area (Å²) in [6.45, 7) is 0. The number of hydrogen-bond acceptors (Lipinski definition) is 6. The van der Waals surface area contributed by atoms with Gasteiger partial charge in [-0.25, -0.2) is 0 Å². The number of benzene rings is 4. The lowest BCUT2D eigenvalue weighted by molar-refractivity contribution is 0.474. The predicted octanol–water partition coefficient (Wildman–Crippen LogP) is 4.47. The first-order valence-corrected chi connectivity index (χ1v) is 14.5. The molecule has 0 heterocycles. The number of rotatable bonds is 2. The first kappa shape index (κ1) is 27.9. The van der Waals surface area contributed by atoms with Crippen molar-refractivity contribution in [2.45, 2.75) is 5.41 Å². The van der Waals surface area contributed by atoms with Crippen LogP contribution in [0.4, 0.5) is 0 Å². The standard InChI is InChI=1S/C25H18O2.2CH4O3S/c26-19-13-9-17(10-14-19)25(18-11-15-20(27)16-12-18)23-7-3-1-5-21(23)22-6-2-4-8-24(22)25;2*1-5(2,3)4/h1-16,26-27H;2*1H3,(H,2,3,4). The molecule has 0 atom stereocenters. The topological polar surface area (TPSA) is 149 Å². The van der Waals surface area contributed by atoms with Gasteiger partial charge in [-0.3, -0.25) is 9.11 Å². The van der Waals surface area contributed by atoms with Gasteiger partial charge in [0.25, 0.3) is 20.2 Å². The fourth-order valence-electron chi connectivity index (χ4n) is 4.45. The molecule has 0 radical (unpaired) electrons. The molecule has 4 aromatic rings. The zero-order valence-electron chi connectivity index (χ0n) is 20.0. The van der Waals surface area contributed by atoms with Crippen molar-refractivity contribution in [3.05, 3.63) is 119 Å². The summed E-state index contributed by atoms with van der Waals surface area (Å²) < 4.78 is 51.7. The summed E-state index contributed by atoms with van der Waals surface area (Å²) in [5.74, 6) is 0.498. The van der Waals surface area contributed by atoms with Gasteiger partial charge in [-0.2, -0.15) is 16.8 Å². The van der Waals surface area contributed by atoms with Gasteiger partial charge in [0.15, 0.2) is 0 Å². The van der Waals surface area contributed by atoms with E-state index in [2.05, 4.69) is 48.5 Å². The smallest absolute Gasteiger partial charge is 0.261 e. The lowest BCUT2D eigenvalue weighted by Gasteiger charge is -2.33. The number of phenols is 2. The highest BCUT2D eigenvalue weighted by atomic mass is 32.2. The monoisotopic (exact) mass is 542 g/mol. The van der Waals surface area contributed by atoms with Crippen LogP contribution in [0.2, 0.25) is 0 Å². The molecule has 10 heteroatoms. The maximum atomic E-state index is 9.85. The highest BCUT2D eigenvalue weighted by molar-refractivity contribution is 7.85. The molecule has 4 N–H and O–H groups in total. The quantitative estimate of drug-likeness (QED) is 0.239. The molecule has 5 rings (SSSR count). The van der Waals surface area contributed by atoms with Gasteiger partial charge in [0, 0.05) is 0 Å². The van der Waals surface area contributed by atoms with Gasteiger partial charge < -0.3 is 10.2 Å². The largest absolute Gasteiger partial charge is 0.508 e. The van der Waals surface area contributed by atoms with Crippen LogP contribution in [0.5, 0.6) is 11.5 Å². The van der Waals surface area contributed by atoms with E-state index in [1.165, 1.54) is 22.3 Å². The Labute approximate surface area is 216 Å². The SMILES string of the molecule is CS(=O)(=O)O.CS(=O)(=O)O.Oc1ccc(C2(c3ccc(O)cc3)c3ccccc3-c3ccccc32)cc1. The lowest BCUT2D eigenvalue weighted by atomic mass is 9.68. The van der Waals surface area contributed by atoms with Crippen molar-refractivity contribution < 1.29 is 36.2 Å². The van der Waals surface area contributed by atoms with Crippen LogP contribution in [-0.4, -0.2) is 48.7 Å². The molecule has 0 aromatic heterocycles. The molecule has 0 saturated heterocycles. The molecule has 1 aliphatic carbocycles. The molecule has 37 heavy (non-hydrogen) atoms. The Morgan fingerprint density at radius 3 is 1.08 bits per heavy atom. The molecule has 194 valence electrons. The Bertz CT molecular complexity index is 1450. The first-order chi connectivity index (χ1) is 17.2. The minimum Gasteiger partial charge on any atom is -0.508 e. The molecule has 0 fully saturated rings. The van der Waals surface area contributed by atoms with Gasteiger partial charge in [0.1, 0.15) is 11.5 Å². The second kappa shape index (κ2) is 10.7. The molecule has 0 amide bonds. The summed E-state index contributed by atoms with van der Waals surface area (Å²) in [5.41, 5.74) is 6.54. The fraction of sp³-hybridized carbons (Fsp3) is 0.111. The van der Waals surface area contributed by atoms with Crippen molar-refractivity contribution in [3.63, 3.8) is 0 Å². The van der Waals surface area contributed by atoms with Gasteiger partial charge in [0.2, 0.25) is 0 Å². The molecule has 0 unspecified atom stereocenters. The van der Waals surface area contributed by atoms with Gasteiger partial charge in [-0.15, -0.1) is 0 Å². The third-order valence-electron chi connectivity index (χ3n) is 5.55. The molecule has 0 aliphatic heterocycles. The number of aromatic hydroxyl groups is 2. The van der Waals surface area contributed by atoms with E-state index >= 15 is 0 Å². The van der Waals surface area contributed by atoms with E-state index in [0.29, 0.717) is 12.5 Å². The predicted molar refractivity (Wildman–Crippen MR) is 142 cm³/mol. The van der Waals surface area contributed by atoms with Crippen LogP contribution in [0.25, 0.3) is 11.1 Å². The second-order valence-corrected chi connectivity index (χ2v) is 11.3. The van der Waals surface area contributed by atoms with E-state index in [1.807, 2.05) is 24.3 Å². The van der Waals surface area contributed by atoms with E-state index in [0.717, 1.165) is 11.1 Å². The van der Waals surface area contributed by atoms with Crippen molar-refractivity contribution >= 4 is 20.2 Å². The van der Waals surface area contributed by atoms with E-state index in [4.69, 9.17) is 9.11 Å². The van der Waals surface area contributed by atoms with Crippen molar-refractivity contribution in [1.29, 1.82) is 0 Å². The van der Waals surface area contributed by atoms with Crippen LogP contribution in [-0.2, 0) is 25.7 Å². The Morgan fingerprint density at radius 1 is 0.514 bits per heavy atom. The zero-order valence-corrected chi connectivity index (χ0v) is 21.6.